The van der Waals surface area contributed by atoms with E-state index in [2.05, 4.69) is 4.98 Å². The highest BCUT2D eigenvalue weighted by atomic mass is 35.5. The van der Waals surface area contributed by atoms with Crippen LogP contribution >= 0.6 is 34.8 Å². The number of rotatable bonds is 6. The first-order valence-corrected chi connectivity index (χ1v) is 8.57. The molecule has 1 N–H and O–H groups in total. The monoisotopic (exact) mass is 449 g/mol. The lowest BCUT2D eigenvalue weighted by Gasteiger charge is -2.20. The van der Waals surface area contributed by atoms with Gasteiger partial charge in [0, 0.05) is 33.0 Å². The van der Waals surface area contributed by atoms with Crippen molar-refractivity contribution in [3.05, 3.63) is 97.4 Å². The Morgan fingerprint density at radius 3 is 2.54 bits per heavy atom. The number of imidazole rings is 1. The molecule has 1 aromatic heterocycles. The Bertz CT molecular complexity index is 1150. The van der Waals surface area contributed by atoms with Gasteiger partial charge < -0.3 is 14.5 Å². The molecule has 3 aromatic rings. The summed E-state index contributed by atoms with van der Waals surface area (Å²) in [5, 5.41) is 13.9. The van der Waals surface area contributed by atoms with Gasteiger partial charge in [0.2, 0.25) is 0 Å². The number of hydrogen-bond donors (Lipinski definition) is 1. The maximum absolute atomic E-state index is 8.43. The van der Waals surface area contributed by atoms with Crippen LogP contribution in [0.1, 0.15) is 25.5 Å². The van der Waals surface area contributed by atoms with E-state index in [0.29, 0.717) is 10.6 Å². The van der Waals surface area contributed by atoms with Gasteiger partial charge >= 0.3 is 0 Å². The molecule has 0 saturated heterocycles. The van der Waals surface area contributed by atoms with Crippen LogP contribution in [0, 0.1) is 10.1 Å². The summed E-state index contributed by atoms with van der Waals surface area (Å²) in [5.41, 5.74) is -0.120. The van der Waals surface area contributed by atoms with Crippen LogP contribution in [0.15, 0.2) is 61.1 Å². The number of ether oxygens (including phenoxy) is 1. The van der Waals surface area contributed by atoms with Crippen LogP contribution in [0.2, 0.25) is 15.1 Å². The van der Waals surface area contributed by atoms with E-state index < -0.39 is 47.5 Å². The molecule has 0 amide bonds. The Labute approximate surface area is 184 Å². The van der Waals surface area contributed by atoms with Crippen molar-refractivity contribution < 1.29 is 23.3 Å². The number of nitrogens with zero attached hydrogens (tertiary/aromatic N) is 3. The van der Waals surface area contributed by atoms with Gasteiger partial charge in [0.05, 0.1) is 27.7 Å². The normalized spacial score (nSPS) is 15.0. The van der Waals surface area contributed by atoms with Crippen LogP contribution in [0.3, 0.4) is 0 Å². The topological polar surface area (TPSA) is 90.4 Å². The van der Waals surface area contributed by atoms with Crippen LogP contribution in [-0.2, 0) is 17.8 Å². The summed E-state index contributed by atoms with van der Waals surface area (Å²) in [5.74, 6) is 0. The van der Waals surface area contributed by atoms with E-state index in [1.807, 2.05) is 0 Å². The maximum atomic E-state index is 8.43. The Morgan fingerprint density at radius 2 is 1.96 bits per heavy atom. The van der Waals surface area contributed by atoms with E-state index in [1.165, 1.54) is 12.4 Å². The lowest BCUT2D eigenvalue weighted by molar-refractivity contribution is -0.742. The Hall–Kier alpha value is -2.32. The molecule has 0 aliphatic heterocycles. The first-order valence-electron chi connectivity index (χ1n) is 10.4. The Balaban J connectivity index is 0.000000945. The number of hydrogen-bond acceptors (Lipinski definition) is 4. The third-order valence-electron chi connectivity index (χ3n) is 3.14. The summed E-state index contributed by atoms with van der Waals surface area (Å²) in [4.78, 5) is 12.3. The minimum absolute atomic E-state index is 0.122. The molecule has 3 rings (SSSR count). The zero-order chi connectivity index (χ0) is 25.8. The van der Waals surface area contributed by atoms with E-state index in [-0.39, 0.29) is 16.6 Å². The second-order valence-corrected chi connectivity index (χ2v) is 6.28. The zero-order valence-corrected chi connectivity index (χ0v) is 16.2. The molecule has 0 aliphatic rings. The molecule has 28 heavy (non-hydrogen) atoms. The molecule has 0 radical (unpaired) electrons. The summed E-state index contributed by atoms with van der Waals surface area (Å²) in [6.45, 7) is -2.57. The van der Waals surface area contributed by atoms with Gasteiger partial charge in [-0.1, -0.05) is 53.0 Å². The second-order valence-electron chi connectivity index (χ2n) is 5.06. The molecule has 148 valence electrons. The summed E-state index contributed by atoms with van der Waals surface area (Å²) >= 11 is 18.1. The fourth-order valence-electron chi connectivity index (χ4n) is 2.03. The molecule has 0 spiro atoms. The molecule has 1 atom stereocenters. The molecule has 0 saturated carbocycles. The average molecular weight is 451 g/mol. The van der Waals surface area contributed by atoms with Gasteiger partial charge in [0.25, 0.3) is 5.09 Å². The highest BCUT2D eigenvalue weighted by Gasteiger charge is 2.17. The molecule has 0 bridgehead atoms. The van der Waals surface area contributed by atoms with Crippen LogP contribution in [0.4, 0.5) is 0 Å². The van der Waals surface area contributed by atoms with Gasteiger partial charge in [0.1, 0.15) is 6.10 Å². The van der Waals surface area contributed by atoms with Crippen molar-refractivity contribution >= 4 is 34.8 Å². The highest BCUT2D eigenvalue weighted by Crippen LogP contribution is 2.30. The lowest BCUT2D eigenvalue weighted by atomic mass is 10.1. The SMILES string of the molecule is O=[N+]([O-])O.[2H]c1c([2H])c(C([2H])([2H])OC(Cn2ccnc2)c2ccc(Cl)cc2Cl)c([2H])c([2H])c1Cl. The van der Waals surface area contributed by atoms with Crippen molar-refractivity contribution in [2.45, 2.75) is 19.2 Å². The first-order chi connectivity index (χ1) is 15.8. The second kappa shape index (κ2) is 10.9. The van der Waals surface area contributed by atoms with Crippen molar-refractivity contribution in [3.63, 3.8) is 0 Å². The standard InChI is InChI=1S/C18H15Cl3N2O.HNO3/c19-14-3-1-13(2-4-14)11-24-18(10-23-8-7-22-12-23)16-6-5-15(20)9-17(16)21;2-1(3)4/h1-9,12,18H,10-11H2;(H,2,3,4)/i1D,2D,3D,4D,11D2;. The van der Waals surface area contributed by atoms with E-state index in [9.17, 15) is 0 Å². The van der Waals surface area contributed by atoms with Gasteiger partial charge in [-0.15, -0.1) is 10.1 Å². The van der Waals surface area contributed by atoms with Gasteiger partial charge in [-0.2, -0.15) is 0 Å². The van der Waals surface area contributed by atoms with Gasteiger partial charge in [-0.25, -0.2) is 4.98 Å². The number of benzene rings is 2. The third-order valence-corrected chi connectivity index (χ3v) is 3.89. The first kappa shape index (κ1) is 14.6. The van der Waals surface area contributed by atoms with Crippen molar-refractivity contribution in [3.8, 4) is 0 Å². The highest BCUT2D eigenvalue weighted by molar-refractivity contribution is 6.35. The predicted octanol–water partition coefficient (Wildman–Crippen LogP) is 5.45. The van der Waals surface area contributed by atoms with Crippen LogP contribution in [0.5, 0.6) is 0 Å². The van der Waals surface area contributed by atoms with Gasteiger partial charge in [-0.3, -0.25) is 0 Å². The molecule has 1 heterocycles. The van der Waals surface area contributed by atoms with Crippen molar-refractivity contribution in [2.24, 2.45) is 0 Å². The number of halogens is 3. The largest absolute Gasteiger partial charge is 0.367 e. The van der Waals surface area contributed by atoms with Gasteiger partial charge in [0.15, 0.2) is 0 Å². The van der Waals surface area contributed by atoms with E-state index in [1.54, 1.807) is 29.1 Å². The van der Waals surface area contributed by atoms with E-state index in [0.717, 1.165) is 0 Å². The van der Waals surface area contributed by atoms with Crippen LogP contribution in [0.25, 0.3) is 0 Å². The minimum Gasteiger partial charge on any atom is -0.367 e. The van der Waals surface area contributed by atoms with Crippen molar-refractivity contribution in [2.75, 3.05) is 0 Å². The fourth-order valence-corrected chi connectivity index (χ4v) is 2.65. The van der Waals surface area contributed by atoms with Crippen LogP contribution < -0.4 is 0 Å². The summed E-state index contributed by atoms with van der Waals surface area (Å²) < 4.78 is 56.2. The average Bonchev–Trinajstić information content (AvgIpc) is 3.23. The van der Waals surface area contributed by atoms with Gasteiger partial charge in [-0.05, 0) is 29.8 Å². The summed E-state index contributed by atoms with van der Waals surface area (Å²) in [6, 6.07) is 2.35. The minimum atomic E-state index is -2.70. The lowest BCUT2D eigenvalue weighted by Crippen LogP contribution is -2.12. The van der Waals surface area contributed by atoms with Crippen molar-refractivity contribution in [1.29, 1.82) is 0 Å². The third kappa shape index (κ3) is 7.36. The molecule has 1 unspecified atom stereocenters. The molecule has 2 aromatic carbocycles. The van der Waals surface area contributed by atoms with E-state index in [4.69, 9.17) is 63.1 Å². The fraction of sp³-hybridized carbons (Fsp3) is 0.167. The summed E-state index contributed by atoms with van der Waals surface area (Å²) in [7, 11) is 0. The number of aromatic nitrogens is 2. The maximum Gasteiger partial charge on any atom is 0.291 e. The quantitative estimate of drug-likeness (QED) is 0.398. The van der Waals surface area contributed by atoms with Crippen LogP contribution in [-0.4, -0.2) is 19.8 Å². The molecular weight excluding hydrogens is 429 g/mol. The molecule has 0 fully saturated rings. The molecule has 10 heteroatoms. The Kier molecular flexibility index (Phi) is 5.69. The smallest absolute Gasteiger partial charge is 0.291 e. The zero-order valence-electron chi connectivity index (χ0n) is 19.9. The van der Waals surface area contributed by atoms with Crippen molar-refractivity contribution in [1.82, 2.24) is 9.55 Å². The predicted molar refractivity (Wildman–Crippen MR) is 106 cm³/mol. The van der Waals surface area contributed by atoms with E-state index >= 15 is 0 Å². The molecule has 0 aliphatic carbocycles. The molecular formula is C18H16Cl3N3O4. The molecule has 7 nitrogen and oxygen atoms in total. The Morgan fingerprint density at radius 1 is 1.29 bits per heavy atom. The summed E-state index contributed by atoms with van der Waals surface area (Å²) in [6.07, 6.45) is 3.77.